The number of nitrogens with one attached hydrogen (secondary N) is 1. The molecule has 0 aliphatic heterocycles. The van der Waals surface area contributed by atoms with E-state index in [0.29, 0.717) is 11.3 Å². The van der Waals surface area contributed by atoms with Crippen molar-refractivity contribution in [1.29, 1.82) is 0 Å². The standard InChI is InChI=1S/C17H19NO3S/c1-4-14-9-8-12(2)17(10-14)18-22(20,21)16-7-5-6-15(11-16)13(3)19/h5-11,18H,4H2,1-3H3. The number of carbonyl (C=O) groups excluding carboxylic acids is 1. The molecule has 5 heteroatoms. The molecule has 4 nitrogen and oxygen atoms in total. The van der Waals surface area contributed by atoms with Gasteiger partial charge in [-0.15, -0.1) is 0 Å². The minimum Gasteiger partial charge on any atom is -0.295 e. The lowest BCUT2D eigenvalue weighted by Gasteiger charge is -2.12. The molecule has 0 fully saturated rings. The van der Waals surface area contributed by atoms with E-state index in [0.717, 1.165) is 17.5 Å². The Morgan fingerprint density at radius 2 is 1.86 bits per heavy atom. The van der Waals surface area contributed by atoms with Crippen LogP contribution in [0.25, 0.3) is 0 Å². The number of sulfonamides is 1. The number of benzene rings is 2. The monoisotopic (exact) mass is 317 g/mol. The van der Waals surface area contributed by atoms with Gasteiger partial charge in [-0.2, -0.15) is 0 Å². The summed E-state index contributed by atoms with van der Waals surface area (Å²) >= 11 is 0. The van der Waals surface area contributed by atoms with E-state index in [1.165, 1.54) is 19.1 Å². The van der Waals surface area contributed by atoms with Crippen LogP contribution in [-0.4, -0.2) is 14.2 Å². The van der Waals surface area contributed by atoms with Crippen molar-refractivity contribution in [1.82, 2.24) is 0 Å². The number of hydrogen-bond acceptors (Lipinski definition) is 3. The van der Waals surface area contributed by atoms with E-state index in [2.05, 4.69) is 4.72 Å². The van der Waals surface area contributed by atoms with Crippen LogP contribution in [0.2, 0.25) is 0 Å². The van der Waals surface area contributed by atoms with Crippen LogP contribution >= 0.6 is 0 Å². The highest BCUT2D eigenvalue weighted by atomic mass is 32.2. The first-order valence-electron chi connectivity index (χ1n) is 7.07. The SMILES string of the molecule is CCc1ccc(C)c(NS(=O)(=O)c2cccc(C(C)=O)c2)c1. The van der Waals surface area contributed by atoms with Crippen molar-refractivity contribution < 1.29 is 13.2 Å². The van der Waals surface area contributed by atoms with Gasteiger partial charge >= 0.3 is 0 Å². The van der Waals surface area contributed by atoms with Crippen LogP contribution in [0.5, 0.6) is 0 Å². The average Bonchev–Trinajstić information content (AvgIpc) is 2.49. The molecule has 0 amide bonds. The van der Waals surface area contributed by atoms with E-state index in [4.69, 9.17) is 0 Å². The second kappa shape index (κ2) is 6.32. The molecular formula is C17H19NO3S. The molecule has 0 spiro atoms. The van der Waals surface area contributed by atoms with Crippen LogP contribution in [0.15, 0.2) is 47.4 Å². The molecule has 2 aromatic carbocycles. The Hall–Kier alpha value is -2.14. The number of anilines is 1. The number of carbonyl (C=O) groups is 1. The van der Waals surface area contributed by atoms with Gasteiger partial charge in [0.25, 0.3) is 10.0 Å². The smallest absolute Gasteiger partial charge is 0.261 e. The highest BCUT2D eigenvalue weighted by Gasteiger charge is 2.16. The first kappa shape index (κ1) is 16.2. The van der Waals surface area contributed by atoms with Crippen LogP contribution in [0, 0.1) is 6.92 Å². The highest BCUT2D eigenvalue weighted by Crippen LogP contribution is 2.22. The third-order valence-electron chi connectivity index (χ3n) is 3.51. The molecule has 0 radical (unpaired) electrons. The van der Waals surface area contributed by atoms with Gasteiger partial charge in [-0.1, -0.05) is 31.2 Å². The molecule has 2 aromatic rings. The lowest BCUT2D eigenvalue weighted by Crippen LogP contribution is -2.14. The Morgan fingerprint density at radius 3 is 2.50 bits per heavy atom. The summed E-state index contributed by atoms with van der Waals surface area (Å²) in [5.74, 6) is -0.166. The molecule has 0 aliphatic rings. The predicted octanol–water partition coefficient (Wildman–Crippen LogP) is 3.56. The molecule has 116 valence electrons. The van der Waals surface area contributed by atoms with Gasteiger partial charge < -0.3 is 0 Å². The number of rotatable bonds is 5. The molecule has 0 atom stereocenters. The zero-order valence-electron chi connectivity index (χ0n) is 12.9. The predicted molar refractivity (Wildman–Crippen MR) is 87.8 cm³/mol. The molecule has 22 heavy (non-hydrogen) atoms. The molecule has 0 saturated heterocycles. The summed E-state index contributed by atoms with van der Waals surface area (Å²) in [6.07, 6.45) is 0.828. The second-order valence-corrected chi connectivity index (χ2v) is 6.87. The summed E-state index contributed by atoms with van der Waals surface area (Å²) in [6, 6.07) is 11.7. The van der Waals surface area contributed by atoms with E-state index in [1.807, 2.05) is 32.0 Å². The molecule has 1 N–H and O–H groups in total. The maximum atomic E-state index is 12.5. The number of Topliss-reactive ketones (excluding diaryl/α,β-unsaturated/α-hetero) is 1. The maximum Gasteiger partial charge on any atom is 0.261 e. The van der Waals surface area contributed by atoms with Gasteiger partial charge in [-0.25, -0.2) is 8.42 Å². The summed E-state index contributed by atoms with van der Waals surface area (Å²) in [7, 11) is -3.72. The Morgan fingerprint density at radius 1 is 1.14 bits per heavy atom. The topological polar surface area (TPSA) is 63.2 Å². The van der Waals surface area contributed by atoms with Crippen LogP contribution in [0.1, 0.15) is 35.3 Å². The summed E-state index contributed by atoms with van der Waals surface area (Å²) < 4.78 is 27.6. The van der Waals surface area contributed by atoms with Crippen molar-refractivity contribution in [3.63, 3.8) is 0 Å². The van der Waals surface area contributed by atoms with Gasteiger partial charge in [0.05, 0.1) is 10.6 Å². The van der Waals surface area contributed by atoms with Gasteiger partial charge in [0.1, 0.15) is 0 Å². The summed E-state index contributed by atoms with van der Waals surface area (Å²) in [5.41, 5.74) is 2.85. The fraction of sp³-hybridized carbons (Fsp3) is 0.235. The van der Waals surface area contributed by atoms with E-state index in [1.54, 1.807) is 12.1 Å². The maximum absolute atomic E-state index is 12.5. The van der Waals surface area contributed by atoms with Crippen LogP contribution < -0.4 is 4.72 Å². The second-order valence-electron chi connectivity index (χ2n) is 5.19. The zero-order valence-corrected chi connectivity index (χ0v) is 13.7. The van der Waals surface area contributed by atoms with E-state index >= 15 is 0 Å². The largest absolute Gasteiger partial charge is 0.295 e. The average molecular weight is 317 g/mol. The van der Waals surface area contributed by atoms with Crippen molar-refractivity contribution in [3.05, 3.63) is 59.2 Å². The summed E-state index contributed by atoms with van der Waals surface area (Å²) in [4.78, 5) is 11.5. The van der Waals surface area contributed by atoms with Crippen molar-refractivity contribution in [2.24, 2.45) is 0 Å². The first-order valence-corrected chi connectivity index (χ1v) is 8.55. The number of ketones is 1. The van der Waals surface area contributed by atoms with Crippen LogP contribution in [-0.2, 0) is 16.4 Å². The third kappa shape index (κ3) is 3.54. The Balaban J connectivity index is 2.40. The molecule has 0 bridgehead atoms. The Kier molecular flexibility index (Phi) is 4.66. The quantitative estimate of drug-likeness (QED) is 0.858. The van der Waals surface area contributed by atoms with Crippen molar-refractivity contribution >= 4 is 21.5 Å². The normalized spacial score (nSPS) is 11.2. The molecular weight excluding hydrogens is 298 g/mol. The highest BCUT2D eigenvalue weighted by molar-refractivity contribution is 7.92. The Bertz CT molecular complexity index is 810. The van der Waals surface area contributed by atoms with Crippen molar-refractivity contribution in [2.45, 2.75) is 32.1 Å². The Labute approximate surface area is 131 Å². The van der Waals surface area contributed by atoms with Crippen LogP contribution in [0.3, 0.4) is 0 Å². The number of hydrogen-bond donors (Lipinski definition) is 1. The van der Waals surface area contributed by atoms with Gasteiger partial charge in [-0.05, 0) is 49.6 Å². The van der Waals surface area contributed by atoms with Gasteiger partial charge in [0.2, 0.25) is 0 Å². The van der Waals surface area contributed by atoms with E-state index in [9.17, 15) is 13.2 Å². The molecule has 0 saturated carbocycles. The van der Waals surface area contributed by atoms with Crippen molar-refractivity contribution in [3.8, 4) is 0 Å². The summed E-state index contributed by atoms with van der Waals surface area (Å²) in [6.45, 7) is 5.27. The number of aryl methyl sites for hydroxylation is 2. The fourth-order valence-corrected chi connectivity index (χ4v) is 3.25. The van der Waals surface area contributed by atoms with Gasteiger partial charge in [0, 0.05) is 5.56 Å². The lowest BCUT2D eigenvalue weighted by atomic mass is 10.1. The minimum atomic E-state index is -3.72. The van der Waals surface area contributed by atoms with Gasteiger partial charge in [-0.3, -0.25) is 9.52 Å². The van der Waals surface area contributed by atoms with Crippen molar-refractivity contribution in [2.75, 3.05) is 4.72 Å². The molecule has 0 aromatic heterocycles. The third-order valence-corrected chi connectivity index (χ3v) is 4.87. The lowest BCUT2D eigenvalue weighted by molar-refractivity contribution is 0.101. The first-order chi connectivity index (χ1) is 10.3. The summed E-state index contributed by atoms with van der Waals surface area (Å²) in [5, 5.41) is 0. The zero-order chi connectivity index (χ0) is 16.3. The van der Waals surface area contributed by atoms with E-state index < -0.39 is 10.0 Å². The van der Waals surface area contributed by atoms with E-state index in [-0.39, 0.29) is 10.7 Å². The van der Waals surface area contributed by atoms with Crippen LogP contribution in [0.4, 0.5) is 5.69 Å². The molecule has 0 aliphatic carbocycles. The fourth-order valence-electron chi connectivity index (χ4n) is 2.08. The molecule has 0 heterocycles. The molecule has 2 rings (SSSR count). The van der Waals surface area contributed by atoms with Gasteiger partial charge in [0.15, 0.2) is 5.78 Å². The minimum absolute atomic E-state index is 0.0847. The molecule has 0 unspecified atom stereocenters.